The van der Waals surface area contributed by atoms with Crippen LogP contribution in [-0.2, 0) is 23.8 Å². The fourth-order valence-corrected chi connectivity index (χ4v) is 4.42. The number of halogens is 4. The van der Waals surface area contributed by atoms with Crippen molar-refractivity contribution in [3.63, 3.8) is 0 Å². The van der Waals surface area contributed by atoms with Crippen LogP contribution in [0.3, 0.4) is 0 Å². The Hall–Kier alpha value is -3.05. The minimum Gasteiger partial charge on any atom is -0.350 e. The second kappa shape index (κ2) is 8.47. The first-order chi connectivity index (χ1) is 15.1. The minimum absolute atomic E-state index is 0.168. The van der Waals surface area contributed by atoms with Gasteiger partial charge in [0.25, 0.3) is 0 Å². The summed E-state index contributed by atoms with van der Waals surface area (Å²) in [4.78, 5) is 21.8. The molecule has 0 spiro atoms. The van der Waals surface area contributed by atoms with Gasteiger partial charge in [-0.15, -0.1) is 0 Å². The molecule has 0 aliphatic carbocycles. The largest absolute Gasteiger partial charge is 0.433 e. The molecule has 0 saturated heterocycles. The maximum Gasteiger partial charge on any atom is 0.433 e. The van der Waals surface area contributed by atoms with Crippen molar-refractivity contribution in [2.24, 2.45) is 5.73 Å². The molecule has 1 aliphatic heterocycles. The fourth-order valence-electron chi connectivity index (χ4n) is 3.51. The topological polar surface area (TPSA) is 84.1 Å². The number of nitrogens with one attached hydrogen (secondary N) is 1. The lowest BCUT2D eigenvalue weighted by Gasteiger charge is -2.20. The van der Waals surface area contributed by atoms with E-state index < -0.39 is 17.7 Å². The number of pyridine rings is 1. The molecule has 3 N–H and O–H groups in total. The third-order valence-electron chi connectivity index (χ3n) is 5.02. The number of amides is 1. The lowest BCUT2D eigenvalue weighted by Crippen LogP contribution is -2.36. The van der Waals surface area contributed by atoms with Crippen molar-refractivity contribution in [1.82, 2.24) is 9.97 Å². The van der Waals surface area contributed by atoms with Gasteiger partial charge in [-0.2, -0.15) is 13.2 Å². The number of likely N-dealkylation sites (N-methyl/N-ethyl adjacent to an activating group) is 1. The van der Waals surface area contributed by atoms with Crippen LogP contribution < -0.4 is 16.0 Å². The average Bonchev–Trinajstić information content (AvgIpc) is 3.32. The van der Waals surface area contributed by atoms with Gasteiger partial charge in [0.05, 0.1) is 11.3 Å². The van der Waals surface area contributed by atoms with Gasteiger partial charge in [0.15, 0.2) is 5.13 Å². The summed E-state index contributed by atoms with van der Waals surface area (Å²) in [6.45, 7) is 0.388. The Morgan fingerprint density at radius 3 is 2.72 bits per heavy atom. The van der Waals surface area contributed by atoms with Gasteiger partial charge in [0, 0.05) is 43.3 Å². The molecule has 0 unspecified atom stereocenters. The van der Waals surface area contributed by atoms with Gasteiger partial charge in [-0.1, -0.05) is 17.4 Å². The molecule has 168 valence electrons. The van der Waals surface area contributed by atoms with Crippen molar-refractivity contribution in [1.29, 1.82) is 0 Å². The molecular weight excluding hydrogens is 446 g/mol. The molecule has 6 nitrogen and oxygen atoms in total. The van der Waals surface area contributed by atoms with Crippen molar-refractivity contribution in [2.45, 2.75) is 25.1 Å². The number of hydrogen-bond donors (Lipinski definition) is 2. The first kappa shape index (κ1) is 22.2. The van der Waals surface area contributed by atoms with Crippen LogP contribution in [0.25, 0.3) is 10.4 Å². The molecular formula is C21H19F4N5OS. The Morgan fingerprint density at radius 1 is 1.25 bits per heavy atom. The smallest absolute Gasteiger partial charge is 0.350 e. The molecule has 1 aromatic carbocycles. The third kappa shape index (κ3) is 4.73. The standard InChI is InChI=1S/C21H19F4N5OS/c1-30(10-13(26)4-11-2-3-18(27-8-11)21(23,24)25)20-28-9-17(32-20)14-5-12-6-19(31)29-16(12)7-15(14)22/h2-3,5,7-9,13H,4,6,10,26H2,1H3,(H,29,31)/t13-/m0/s1. The highest BCUT2D eigenvalue weighted by Crippen LogP contribution is 2.36. The van der Waals surface area contributed by atoms with Gasteiger partial charge in [0.1, 0.15) is 11.5 Å². The highest BCUT2D eigenvalue weighted by Gasteiger charge is 2.32. The summed E-state index contributed by atoms with van der Waals surface area (Å²) in [6.07, 6.45) is -1.18. The molecule has 11 heteroatoms. The number of benzene rings is 1. The van der Waals surface area contributed by atoms with E-state index in [0.717, 1.165) is 11.6 Å². The zero-order valence-electron chi connectivity index (χ0n) is 16.9. The van der Waals surface area contributed by atoms with Crippen molar-refractivity contribution < 1.29 is 22.4 Å². The quantitative estimate of drug-likeness (QED) is 0.540. The number of carbonyl (C=O) groups excluding carboxylic acids is 1. The summed E-state index contributed by atoms with van der Waals surface area (Å²) >= 11 is 1.28. The van der Waals surface area contributed by atoms with Gasteiger partial charge < -0.3 is 16.0 Å². The summed E-state index contributed by atoms with van der Waals surface area (Å²) in [5.41, 5.74) is 7.42. The average molecular weight is 465 g/mol. The Balaban J connectivity index is 1.41. The summed E-state index contributed by atoms with van der Waals surface area (Å²) in [6, 6.07) is 4.90. The van der Waals surface area contributed by atoms with E-state index >= 15 is 0 Å². The van der Waals surface area contributed by atoms with E-state index in [-0.39, 0.29) is 18.4 Å². The highest BCUT2D eigenvalue weighted by molar-refractivity contribution is 7.18. The molecule has 1 amide bonds. The number of alkyl halides is 3. The van der Waals surface area contributed by atoms with Gasteiger partial charge >= 0.3 is 6.18 Å². The molecule has 0 radical (unpaired) electrons. The monoisotopic (exact) mass is 465 g/mol. The van der Waals surface area contributed by atoms with Crippen LogP contribution in [0.5, 0.6) is 0 Å². The van der Waals surface area contributed by atoms with Crippen LogP contribution in [-0.4, -0.2) is 35.5 Å². The Bertz CT molecular complexity index is 1150. The number of nitrogens with two attached hydrogens (primary N) is 1. The molecule has 0 saturated carbocycles. The molecule has 2 aromatic heterocycles. The van der Waals surface area contributed by atoms with Gasteiger partial charge in [-0.05, 0) is 35.7 Å². The summed E-state index contributed by atoms with van der Waals surface area (Å²) in [7, 11) is 1.79. The van der Waals surface area contributed by atoms with Crippen molar-refractivity contribution in [3.05, 3.63) is 59.3 Å². The summed E-state index contributed by atoms with van der Waals surface area (Å²) in [5.74, 6) is -0.617. The fraction of sp³-hybridized carbons (Fsp3) is 0.286. The number of nitrogens with zero attached hydrogens (tertiary/aromatic N) is 3. The second-order valence-electron chi connectivity index (χ2n) is 7.62. The molecule has 3 aromatic rings. The van der Waals surface area contributed by atoms with Crippen molar-refractivity contribution >= 4 is 28.1 Å². The van der Waals surface area contributed by atoms with Gasteiger partial charge in [0.2, 0.25) is 5.91 Å². The number of fused-ring (bicyclic) bond motifs is 1. The lowest BCUT2D eigenvalue weighted by atomic mass is 10.1. The third-order valence-corrected chi connectivity index (χ3v) is 6.17. The van der Waals surface area contributed by atoms with E-state index in [2.05, 4.69) is 15.3 Å². The predicted molar refractivity (Wildman–Crippen MR) is 114 cm³/mol. The second-order valence-corrected chi connectivity index (χ2v) is 8.62. The number of thiazole rings is 1. The molecule has 32 heavy (non-hydrogen) atoms. The highest BCUT2D eigenvalue weighted by atomic mass is 32.1. The zero-order valence-corrected chi connectivity index (χ0v) is 17.7. The van der Waals surface area contributed by atoms with Gasteiger partial charge in [-0.25, -0.2) is 9.37 Å². The minimum atomic E-state index is -4.48. The Morgan fingerprint density at radius 2 is 2.03 bits per heavy atom. The molecule has 3 heterocycles. The SMILES string of the molecule is CN(C[C@@H](N)Cc1ccc(C(F)(F)F)nc1)c1ncc(-c2cc3c(cc2F)NC(=O)C3)s1. The van der Waals surface area contributed by atoms with Crippen LogP contribution >= 0.6 is 11.3 Å². The van der Waals surface area contributed by atoms with Crippen LogP contribution in [0.2, 0.25) is 0 Å². The first-order valence-electron chi connectivity index (χ1n) is 9.67. The van der Waals surface area contributed by atoms with Crippen LogP contribution in [0.4, 0.5) is 28.4 Å². The number of rotatable bonds is 6. The van der Waals surface area contributed by atoms with E-state index in [4.69, 9.17) is 5.73 Å². The Kier molecular flexibility index (Phi) is 5.87. The summed E-state index contributed by atoms with van der Waals surface area (Å²) in [5, 5.41) is 3.24. The maximum atomic E-state index is 14.5. The molecule has 0 bridgehead atoms. The molecule has 0 fully saturated rings. The van der Waals surface area contributed by atoms with Crippen LogP contribution in [0.15, 0.2) is 36.7 Å². The van der Waals surface area contributed by atoms with E-state index in [1.165, 1.54) is 29.7 Å². The number of aromatic nitrogens is 2. The number of hydrogen-bond acceptors (Lipinski definition) is 6. The normalized spacial score (nSPS) is 14.2. The number of anilines is 2. The van der Waals surface area contributed by atoms with E-state index in [1.54, 1.807) is 19.3 Å². The first-order valence-corrected chi connectivity index (χ1v) is 10.5. The van der Waals surface area contributed by atoms with Crippen LogP contribution in [0.1, 0.15) is 16.8 Å². The molecule has 1 aliphatic rings. The van der Waals surface area contributed by atoms with E-state index in [0.29, 0.717) is 39.8 Å². The summed E-state index contributed by atoms with van der Waals surface area (Å²) < 4.78 is 52.4. The van der Waals surface area contributed by atoms with E-state index in [9.17, 15) is 22.4 Å². The zero-order chi connectivity index (χ0) is 23.0. The Labute approximate surface area is 185 Å². The van der Waals surface area contributed by atoms with Gasteiger partial charge in [-0.3, -0.25) is 9.78 Å². The lowest BCUT2D eigenvalue weighted by molar-refractivity contribution is -0.141. The molecule has 1 atom stereocenters. The molecule has 4 rings (SSSR count). The van der Waals surface area contributed by atoms with Crippen molar-refractivity contribution in [3.8, 4) is 10.4 Å². The number of carbonyl (C=O) groups is 1. The maximum absolute atomic E-state index is 14.5. The van der Waals surface area contributed by atoms with Crippen LogP contribution in [0, 0.1) is 5.82 Å². The predicted octanol–water partition coefficient (Wildman–Crippen LogP) is 3.86. The van der Waals surface area contributed by atoms with E-state index in [1.807, 2.05) is 4.90 Å². The van der Waals surface area contributed by atoms with Crippen molar-refractivity contribution in [2.75, 3.05) is 23.8 Å².